The van der Waals surface area contributed by atoms with Crippen molar-refractivity contribution < 1.29 is 0 Å². The Morgan fingerprint density at radius 3 is 1.19 bits per heavy atom. The van der Waals surface area contributed by atoms with Crippen LogP contribution < -0.4 is 0 Å². The normalized spacial score (nSPS) is 11.7. The summed E-state index contributed by atoms with van der Waals surface area (Å²) in [5.41, 5.74) is 14.2. The fourth-order valence-electron chi connectivity index (χ4n) is 9.28. The van der Waals surface area contributed by atoms with Gasteiger partial charge in [-0.2, -0.15) is 0 Å². The Hall–Kier alpha value is -5.86. The lowest BCUT2D eigenvalue weighted by atomic mass is 10.0. The second kappa shape index (κ2) is 17.7. The number of aryl methyl sites for hydroxylation is 3. The molecule has 0 aliphatic carbocycles. The van der Waals surface area contributed by atoms with E-state index in [0.29, 0.717) is 0 Å². The SMILES string of the molecule is CCCCCCCCc1ccc2c(c1)c1ccccc1n2-c1ccc(-c2ccc(-n3c4ccccc4c4cc(CCCCCCc5ccccc5)ccc43)cc2)cc1. The summed E-state index contributed by atoms with van der Waals surface area (Å²) in [5.74, 6) is 0. The largest absolute Gasteiger partial charge is 0.309 e. The number of rotatable bonds is 17. The first-order valence-electron chi connectivity index (χ1n) is 22.0. The summed E-state index contributed by atoms with van der Waals surface area (Å²) in [6.45, 7) is 2.29. The average molecular weight is 757 g/mol. The summed E-state index contributed by atoms with van der Waals surface area (Å²) >= 11 is 0. The van der Waals surface area contributed by atoms with Crippen LogP contribution in [0.25, 0.3) is 66.1 Å². The van der Waals surface area contributed by atoms with Crippen LogP contribution in [0.15, 0.2) is 164 Å². The number of para-hydroxylation sites is 2. The molecule has 0 amide bonds. The highest BCUT2D eigenvalue weighted by Gasteiger charge is 2.15. The van der Waals surface area contributed by atoms with Crippen molar-refractivity contribution in [1.82, 2.24) is 9.13 Å². The fraction of sp³-hybridized carbons (Fsp3) is 0.250. The highest BCUT2D eigenvalue weighted by Crippen LogP contribution is 2.36. The Kier molecular flexibility index (Phi) is 11.5. The van der Waals surface area contributed by atoms with Gasteiger partial charge < -0.3 is 9.13 Å². The molecule has 290 valence electrons. The quantitative estimate of drug-likeness (QED) is 0.0819. The Morgan fingerprint density at radius 2 is 0.707 bits per heavy atom. The van der Waals surface area contributed by atoms with E-state index in [1.54, 1.807) is 0 Å². The van der Waals surface area contributed by atoms with Crippen molar-refractivity contribution >= 4 is 43.6 Å². The van der Waals surface area contributed by atoms with Crippen LogP contribution in [0.5, 0.6) is 0 Å². The van der Waals surface area contributed by atoms with Gasteiger partial charge in [0.15, 0.2) is 0 Å². The molecule has 9 aromatic rings. The number of nitrogens with zero attached hydrogens (tertiary/aromatic N) is 2. The Balaban J connectivity index is 0.913. The number of hydrogen-bond donors (Lipinski definition) is 0. The van der Waals surface area contributed by atoms with Gasteiger partial charge >= 0.3 is 0 Å². The summed E-state index contributed by atoms with van der Waals surface area (Å²) in [4.78, 5) is 0. The number of hydrogen-bond acceptors (Lipinski definition) is 0. The molecule has 0 unspecified atom stereocenters. The van der Waals surface area contributed by atoms with E-state index in [-0.39, 0.29) is 0 Å². The fourth-order valence-corrected chi connectivity index (χ4v) is 9.28. The number of benzene rings is 7. The molecule has 0 N–H and O–H groups in total. The maximum atomic E-state index is 2.45. The maximum absolute atomic E-state index is 2.45. The highest BCUT2D eigenvalue weighted by molar-refractivity contribution is 6.10. The van der Waals surface area contributed by atoms with Crippen LogP contribution >= 0.6 is 0 Å². The van der Waals surface area contributed by atoms with Crippen LogP contribution in [0.4, 0.5) is 0 Å². The van der Waals surface area contributed by atoms with Gasteiger partial charge in [0.05, 0.1) is 22.1 Å². The maximum Gasteiger partial charge on any atom is 0.0541 e. The minimum atomic E-state index is 1.13. The predicted octanol–water partition coefficient (Wildman–Crippen LogP) is 15.8. The van der Waals surface area contributed by atoms with Gasteiger partial charge in [0.25, 0.3) is 0 Å². The van der Waals surface area contributed by atoms with Crippen LogP contribution in [-0.4, -0.2) is 9.13 Å². The summed E-state index contributed by atoms with van der Waals surface area (Å²) in [6, 6.07) is 61.2. The molecule has 0 radical (unpaired) electrons. The molecule has 0 saturated heterocycles. The Morgan fingerprint density at radius 1 is 0.310 bits per heavy atom. The van der Waals surface area contributed by atoms with Gasteiger partial charge in [0.2, 0.25) is 0 Å². The first-order chi connectivity index (χ1) is 28.7. The zero-order valence-corrected chi connectivity index (χ0v) is 34.2. The van der Waals surface area contributed by atoms with Crippen molar-refractivity contribution in [3.8, 4) is 22.5 Å². The van der Waals surface area contributed by atoms with Crippen molar-refractivity contribution in [2.45, 2.75) is 90.4 Å². The van der Waals surface area contributed by atoms with Crippen molar-refractivity contribution in [2.75, 3.05) is 0 Å². The second-order valence-corrected chi connectivity index (χ2v) is 16.4. The standard InChI is InChI=1S/C56H56N2/c1-2-3-4-5-6-11-22-43-28-38-55-51(40-43)49-24-15-17-26-53(49)57(55)47-34-30-45(31-35-47)46-32-36-48(37-33-46)58-54-27-18-16-25-50(54)52-41-44(29-39-56(52)58)23-12-8-7-10-19-42-20-13-9-14-21-42/h9,13-18,20-21,24-41H,2-8,10-12,19,22-23H2,1H3. The van der Waals surface area contributed by atoms with E-state index in [0.717, 1.165) is 12.8 Å². The summed E-state index contributed by atoms with van der Waals surface area (Å²) in [6.07, 6.45) is 16.5. The molecule has 0 saturated carbocycles. The molecule has 0 aliphatic heterocycles. The molecular formula is C56H56N2. The monoisotopic (exact) mass is 756 g/mol. The van der Waals surface area contributed by atoms with E-state index >= 15 is 0 Å². The molecule has 2 aromatic heterocycles. The first kappa shape index (κ1) is 37.7. The third-order valence-corrected chi connectivity index (χ3v) is 12.4. The molecular weight excluding hydrogens is 701 g/mol. The summed E-state index contributed by atoms with van der Waals surface area (Å²) < 4.78 is 4.87. The molecule has 0 bridgehead atoms. The molecule has 2 heteroatoms. The molecule has 0 fully saturated rings. The second-order valence-electron chi connectivity index (χ2n) is 16.4. The van der Waals surface area contributed by atoms with Gasteiger partial charge in [0.1, 0.15) is 0 Å². The van der Waals surface area contributed by atoms with Crippen molar-refractivity contribution in [1.29, 1.82) is 0 Å². The van der Waals surface area contributed by atoms with Crippen molar-refractivity contribution in [2.24, 2.45) is 0 Å². The number of fused-ring (bicyclic) bond motifs is 6. The van der Waals surface area contributed by atoms with Gasteiger partial charge in [-0.15, -0.1) is 0 Å². The van der Waals surface area contributed by atoms with Crippen LogP contribution in [0.1, 0.15) is 87.8 Å². The van der Waals surface area contributed by atoms with E-state index in [2.05, 4.69) is 180 Å². The molecule has 9 rings (SSSR count). The van der Waals surface area contributed by atoms with Crippen molar-refractivity contribution in [3.05, 3.63) is 180 Å². The predicted molar refractivity (Wildman–Crippen MR) is 250 cm³/mol. The highest BCUT2D eigenvalue weighted by atomic mass is 15.0. The minimum absolute atomic E-state index is 1.13. The molecule has 2 heterocycles. The molecule has 0 atom stereocenters. The van der Waals surface area contributed by atoms with Gasteiger partial charge in [-0.25, -0.2) is 0 Å². The number of aromatic nitrogens is 2. The lowest BCUT2D eigenvalue weighted by Crippen LogP contribution is -1.95. The van der Waals surface area contributed by atoms with Crippen LogP contribution in [0.3, 0.4) is 0 Å². The third kappa shape index (κ3) is 7.98. The topological polar surface area (TPSA) is 9.86 Å². The molecule has 0 aliphatic rings. The Labute approximate surface area is 344 Å². The number of unbranched alkanes of at least 4 members (excludes halogenated alkanes) is 8. The summed E-state index contributed by atoms with van der Waals surface area (Å²) in [7, 11) is 0. The molecule has 0 spiro atoms. The smallest absolute Gasteiger partial charge is 0.0541 e. The van der Waals surface area contributed by atoms with E-state index < -0.39 is 0 Å². The summed E-state index contributed by atoms with van der Waals surface area (Å²) in [5, 5.41) is 5.34. The zero-order valence-electron chi connectivity index (χ0n) is 34.2. The first-order valence-corrected chi connectivity index (χ1v) is 22.0. The van der Waals surface area contributed by atoms with Crippen LogP contribution in [0.2, 0.25) is 0 Å². The van der Waals surface area contributed by atoms with Crippen LogP contribution in [0, 0.1) is 0 Å². The van der Waals surface area contributed by atoms with Gasteiger partial charge in [-0.1, -0.05) is 155 Å². The van der Waals surface area contributed by atoms with E-state index in [1.807, 2.05) is 0 Å². The van der Waals surface area contributed by atoms with Crippen LogP contribution in [-0.2, 0) is 19.3 Å². The average Bonchev–Trinajstić information content (AvgIpc) is 3.79. The van der Waals surface area contributed by atoms with E-state index in [1.165, 1.54) is 153 Å². The Bertz CT molecular complexity index is 2750. The zero-order chi connectivity index (χ0) is 39.1. The lowest BCUT2D eigenvalue weighted by molar-refractivity contribution is 0.607. The van der Waals surface area contributed by atoms with Gasteiger partial charge in [0, 0.05) is 32.9 Å². The van der Waals surface area contributed by atoms with E-state index in [4.69, 9.17) is 0 Å². The van der Waals surface area contributed by atoms with E-state index in [9.17, 15) is 0 Å². The molecule has 7 aromatic carbocycles. The third-order valence-electron chi connectivity index (χ3n) is 12.4. The van der Waals surface area contributed by atoms with Gasteiger partial charge in [-0.3, -0.25) is 0 Å². The van der Waals surface area contributed by atoms with Gasteiger partial charge in [-0.05, 0) is 127 Å². The van der Waals surface area contributed by atoms with Crippen molar-refractivity contribution in [3.63, 3.8) is 0 Å². The molecule has 2 nitrogen and oxygen atoms in total. The molecule has 58 heavy (non-hydrogen) atoms. The lowest BCUT2D eigenvalue weighted by Gasteiger charge is -2.11. The minimum Gasteiger partial charge on any atom is -0.309 e.